The average molecular weight is 358 g/mol. The number of nitrogens with one attached hydrogen (secondary N) is 1. The summed E-state index contributed by atoms with van der Waals surface area (Å²) in [6, 6.07) is 11.6. The number of rotatable bonds is 3. The Morgan fingerprint density at radius 2 is 1.80 bits per heavy atom. The molecule has 1 N–H and O–H groups in total. The fraction of sp³-hybridized carbons (Fsp3) is 0.158. The molecule has 0 aliphatic rings. The van der Waals surface area contributed by atoms with Gasteiger partial charge in [0, 0.05) is 0 Å². The minimum Gasteiger partial charge on any atom is -0.319 e. The monoisotopic (exact) mass is 357 g/mol. The standard InChI is InChI=1S/C19H17ClFN3O/c1-11-4-7-15(8-5-11)24-13(3)18(12(2)23-24)22-19(25)16-9-6-14(21)10-17(16)20/h4-10H,1-3H3,(H,22,25). The van der Waals surface area contributed by atoms with Crippen LogP contribution in [0.2, 0.25) is 5.02 Å². The second-order valence-corrected chi connectivity index (χ2v) is 6.28. The molecule has 0 saturated heterocycles. The summed E-state index contributed by atoms with van der Waals surface area (Å²) < 4.78 is 14.9. The lowest BCUT2D eigenvalue weighted by atomic mass is 10.2. The van der Waals surface area contributed by atoms with E-state index in [2.05, 4.69) is 10.4 Å². The maximum absolute atomic E-state index is 13.2. The smallest absolute Gasteiger partial charge is 0.257 e. The van der Waals surface area contributed by atoms with Crippen molar-refractivity contribution in [2.24, 2.45) is 0 Å². The highest BCUT2D eigenvalue weighted by molar-refractivity contribution is 6.34. The molecule has 0 unspecified atom stereocenters. The maximum Gasteiger partial charge on any atom is 0.257 e. The van der Waals surface area contributed by atoms with E-state index in [1.165, 1.54) is 12.1 Å². The van der Waals surface area contributed by atoms with Gasteiger partial charge in [-0.15, -0.1) is 0 Å². The molecule has 1 heterocycles. The zero-order valence-corrected chi connectivity index (χ0v) is 14.9. The van der Waals surface area contributed by atoms with Crippen LogP contribution in [-0.4, -0.2) is 15.7 Å². The first kappa shape index (κ1) is 17.2. The normalized spacial score (nSPS) is 10.8. The highest BCUT2D eigenvalue weighted by atomic mass is 35.5. The molecule has 0 aliphatic carbocycles. The third-order valence-electron chi connectivity index (χ3n) is 3.98. The molecule has 25 heavy (non-hydrogen) atoms. The molecule has 0 spiro atoms. The van der Waals surface area contributed by atoms with E-state index in [1.54, 1.807) is 4.68 Å². The van der Waals surface area contributed by atoms with E-state index >= 15 is 0 Å². The second-order valence-electron chi connectivity index (χ2n) is 5.87. The number of nitrogens with zero attached hydrogens (tertiary/aromatic N) is 2. The number of hydrogen-bond donors (Lipinski definition) is 1. The van der Waals surface area contributed by atoms with Crippen molar-refractivity contribution in [3.63, 3.8) is 0 Å². The molecule has 128 valence electrons. The topological polar surface area (TPSA) is 46.9 Å². The van der Waals surface area contributed by atoms with Gasteiger partial charge in [0.1, 0.15) is 5.82 Å². The number of halogens is 2. The third kappa shape index (κ3) is 3.42. The lowest BCUT2D eigenvalue weighted by Crippen LogP contribution is -2.14. The van der Waals surface area contributed by atoms with Crippen molar-refractivity contribution in [1.82, 2.24) is 9.78 Å². The molecule has 1 aromatic heterocycles. The lowest BCUT2D eigenvalue weighted by molar-refractivity contribution is 0.102. The van der Waals surface area contributed by atoms with Crippen molar-refractivity contribution in [2.75, 3.05) is 5.32 Å². The number of benzene rings is 2. The highest BCUT2D eigenvalue weighted by Crippen LogP contribution is 2.25. The van der Waals surface area contributed by atoms with Crippen LogP contribution in [-0.2, 0) is 0 Å². The Bertz CT molecular complexity index is 948. The molecular weight excluding hydrogens is 341 g/mol. The van der Waals surface area contributed by atoms with E-state index in [-0.39, 0.29) is 10.6 Å². The summed E-state index contributed by atoms with van der Waals surface area (Å²) in [7, 11) is 0. The van der Waals surface area contributed by atoms with Crippen LogP contribution in [0.4, 0.5) is 10.1 Å². The van der Waals surface area contributed by atoms with Crippen molar-refractivity contribution in [1.29, 1.82) is 0 Å². The van der Waals surface area contributed by atoms with E-state index in [0.717, 1.165) is 23.0 Å². The number of carbonyl (C=O) groups excluding carboxylic acids is 1. The Balaban J connectivity index is 1.93. The molecule has 3 aromatic rings. The lowest BCUT2D eigenvalue weighted by Gasteiger charge is -2.08. The summed E-state index contributed by atoms with van der Waals surface area (Å²) in [6.07, 6.45) is 0. The Hall–Kier alpha value is -2.66. The van der Waals surface area contributed by atoms with Crippen molar-refractivity contribution >= 4 is 23.2 Å². The van der Waals surface area contributed by atoms with Gasteiger partial charge >= 0.3 is 0 Å². The van der Waals surface area contributed by atoms with E-state index in [4.69, 9.17) is 11.6 Å². The molecular formula is C19H17ClFN3O. The molecule has 0 atom stereocenters. The maximum atomic E-state index is 13.2. The van der Waals surface area contributed by atoms with Gasteiger partial charge in [-0.2, -0.15) is 5.10 Å². The third-order valence-corrected chi connectivity index (χ3v) is 4.30. The number of hydrogen-bond acceptors (Lipinski definition) is 2. The molecule has 0 fully saturated rings. The number of carbonyl (C=O) groups is 1. The fourth-order valence-corrected chi connectivity index (χ4v) is 2.87. The van der Waals surface area contributed by atoms with Crippen molar-refractivity contribution < 1.29 is 9.18 Å². The largest absolute Gasteiger partial charge is 0.319 e. The second kappa shape index (κ2) is 6.69. The molecule has 0 aliphatic heterocycles. The van der Waals surface area contributed by atoms with Crippen LogP contribution in [0.1, 0.15) is 27.3 Å². The number of aromatic nitrogens is 2. The highest BCUT2D eigenvalue weighted by Gasteiger charge is 2.18. The van der Waals surface area contributed by atoms with Gasteiger partial charge in [-0.05, 0) is 51.1 Å². The minimum absolute atomic E-state index is 0.0683. The van der Waals surface area contributed by atoms with Crippen LogP contribution < -0.4 is 5.32 Å². The van der Waals surface area contributed by atoms with Gasteiger partial charge in [-0.25, -0.2) is 9.07 Å². The number of aryl methyl sites for hydroxylation is 2. The molecule has 0 bridgehead atoms. The van der Waals surface area contributed by atoms with Gasteiger partial charge in [0.05, 0.1) is 33.3 Å². The summed E-state index contributed by atoms with van der Waals surface area (Å²) in [5.41, 5.74) is 4.38. The van der Waals surface area contributed by atoms with Crippen LogP contribution in [0.25, 0.3) is 5.69 Å². The van der Waals surface area contributed by atoms with Crippen LogP contribution in [0.5, 0.6) is 0 Å². The Morgan fingerprint density at radius 1 is 1.12 bits per heavy atom. The van der Waals surface area contributed by atoms with Gasteiger partial charge in [0.15, 0.2) is 0 Å². The summed E-state index contributed by atoms with van der Waals surface area (Å²) in [6.45, 7) is 5.71. The van der Waals surface area contributed by atoms with Crippen molar-refractivity contribution in [3.05, 3.63) is 75.8 Å². The van der Waals surface area contributed by atoms with Crippen molar-refractivity contribution in [2.45, 2.75) is 20.8 Å². The van der Waals surface area contributed by atoms with Gasteiger partial charge in [0.25, 0.3) is 5.91 Å². The molecule has 3 rings (SSSR count). The van der Waals surface area contributed by atoms with Crippen LogP contribution in [0.3, 0.4) is 0 Å². The van der Waals surface area contributed by atoms with Crippen LogP contribution in [0.15, 0.2) is 42.5 Å². The van der Waals surface area contributed by atoms with E-state index in [0.29, 0.717) is 11.4 Å². The van der Waals surface area contributed by atoms with Crippen LogP contribution >= 0.6 is 11.6 Å². The molecule has 4 nitrogen and oxygen atoms in total. The first-order valence-corrected chi connectivity index (χ1v) is 8.14. The molecule has 0 saturated carbocycles. The molecule has 0 radical (unpaired) electrons. The van der Waals surface area contributed by atoms with Gasteiger partial charge in [0.2, 0.25) is 0 Å². The molecule has 6 heteroatoms. The summed E-state index contributed by atoms with van der Waals surface area (Å²) >= 11 is 5.96. The Morgan fingerprint density at radius 3 is 2.44 bits per heavy atom. The Labute approximate surface area is 150 Å². The van der Waals surface area contributed by atoms with Gasteiger partial charge in [-0.3, -0.25) is 4.79 Å². The quantitative estimate of drug-likeness (QED) is 0.728. The first-order valence-electron chi connectivity index (χ1n) is 7.76. The van der Waals surface area contributed by atoms with Crippen LogP contribution in [0, 0.1) is 26.6 Å². The van der Waals surface area contributed by atoms with Crippen molar-refractivity contribution in [3.8, 4) is 5.69 Å². The Kier molecular flexibility index (Phi) is 4.59. The predicted octanol–water partition coefficient (Wildman–Crippen LogP) is 4.84. The number of amides is 1. The zero-order chi connectivity index (χ0) is 18.1. The minimum atomic E-state index is -0.485. The predicted molar refractivity (Wildman–Crippen MR) is 97.1 cm³/mol. The summed E-state index contributed by atoms with van der Waals surface area (Å²) in [4.78, 5) is 12.5. The van der Waals surface area contributed by atoms with Gasteiger partial charge < -0.3 is 5.32 Å². The van der Waals surface area contributed by atoms with E-state index in [1.807, 2.05) is 45.0 Å². The average Bonchev–Trinajstić information content (AvgIpc) is 2.83. The molecule has 1 amide bonds. The van der Waals surface area contributed by atoms with E-state index in [9.17, 15) is 9.18 Å². The SMILES string of the molecule is Cc1ccc(-n2nc(C)c(NC(=O)c3ccc(F)cc3Cl)c2C)cc1. The number of anilines is 1. The summed E-state index contributed by atoms with van der Waals surface area (Å²) in [5, 5.41) is 7.40. The van der Waals surface area contributed by atoms with E-state index < -0.39 is 11.7 Å². The molecule has 2 aromatic carbocycles. The fourth-order valence-electron chi connectivity index (χ4n) is 2.62. The zero-order valence-electron chi connectivity index (χ0n) is 14.1. The van der Waals surface area contributed by atoms with Gasteiger partial charge in [-0.1, -0.05) is 29.3 Å². The summed E-state index contributed by atoms with van der Waals surface area (Å²) in [5.74, 6) is -0.888. The first-order chi connectivity index (χ1) is 11.9.